The number of rotatable bonds is 3. The SMILES string of the molecule is Cc1cc2ncnc(N3CCC(CP(=O)(O)O)CC3)c2cc1C. The summed E-state index contributed by atoms with van der Waals surface area (Å²) in [5.74, 6) is 1.01. The molecule has 1 aliphatic heterocycles. The minimum atomic E-state index is -3.92. The Labute approximate surface area is 135 Å². The quantitative estimate of drug-likeness (QED) is 0.839. The van der Waals surface area contributed by atoms with Crippen LogP contribution in [0.4, 0.5) is 5.82 Å². The van der Waals surface area contributed by atoms with E-state index < -0.39 is 7.60 Å². The van der Waals surface area contributed by atoms with Crippen molar-refractivity contribution in [2.45, 2.75) is 26.7 Å². The molecule has 0 saturated carbocycles. The topological polar surface area (TPSA) is 86.6 Å². The molecule has 1 fully saturated rings. The van der Waals surface area contributed by atoms with Crippen molar-refractivity contribution in [3.05, 3.63) is 29.6 Å². The summed E-state index contributed by atoms with van der Waals surface area (Å²) in [5, 5.41) is 1.05. The van der Waals surface area contributed by atoms with Crippen LogP contribution in [-0.2, 0) is 4.57 Å². The number of piperidine rings is 1. The van der Waals surface area contributed by atoms with Gasteiger partial charge in [-0.05, 0) is 55.9 Å². The third-order valence-corrected chi connectivity index (χ3v) is 5.63. The fourth-order valence-corrected chi connectivity index (χ4v) is 4.26. The second-order valence-corrected chi connectivity index (χ2v) is 8.12. The predicted octanol–water partition coefficient (Wildman–Crippen LogP) is 2.64. The first-order chi connectivity index (χ1) is 10.8. The molecular formula is C16H22N3O3P. The molecule has 0 unspecified atom stereocenters. The van der Waals surface area contributed by atoms with E-state index in [2.05, 4.69) is 40.8 Å². The second-order valence-electron chi connectivity index (χ2n) is 6.43. The van der Waals surface area contributed by atoms with Crippen LogP contribution in [0.15, 0.2) is 18.5 Å². The highest BCUT2D eigenvalue weighted by Crippen LogP contribution is 2.40. The molecule has 124 valence electrons. The Morgan fingerprint density at radius 1 is 1.17 bits per heavy atom. The second kappa shape index (κ2) is 6.19. The maximum Gasteiger partial charge on any atom is 0.325 e. The highest BCUT2D eigenvalue weighted by Gasteiger charge is 2.27. The zero-order valence-electron chi connectivity index (χ0n) is 13.4. The van der Waals surface area contributed by atoms with Crippen LogP contribution in [0, 0.1) is 19.8 Å². The fraction of sp³-hybridized carbons (Fsp3) is 0.500. The molecule has 0 atom stereocenters. The van der Waals surface area contributed by atoms with Crippen molar-refractivity contribution in [1.82, 2.24) is 9.97 Å². The summed E-state index contributed by atoms with van der Waals surface area (Å²) in [6.07, 6.45) is 3.14. The molecule has 0 radical (unpaired) electrons. The van der Waals surface area contributed by atoms with Crippen molar-refractivity contribution >= 4 is 24.3 Å². The summed E-state index contributed by atoms with van der Waals surface area (Å²) < 4.78 is 11.2. The number of fused-ring (bicyclic) bond motifs is 1. The highest BCUT2D eigenvalue weighted by molar-refractivity contribution is 7.51. The maximum absolute atomic E-state index is 11.2. The van der Waals surface area contributed by atoms with Gasteiger partial charge in [0.05, 0.1) is 11.7 Å². The third kappa shape index (κ3) is 3.71. The van der Waals surface area contributed by atoms with Crippen LogP contribution >= 0.6 is 7.60 Å². The van der Waals surface area contributed by atoms with Gasteiger partial charge in [-0.1, -0.05) is 0 Å². The van der Waals surface area contributed by atoms with E-state index in [4.69, 9.17) is 9.79 Å². The van der Waals surface area contributed by atoms with Gasteiger partial charge in [0.25, 0.3) is 0 Å². The summed E-state index contributed by atoms with van der Waals surface area (Å²) in [7, 11) is -3.92. The average Bonchev–Trinajstić information content (AvgIpc) is 2.47. The molecule has 1 aliphatic rings. The van der Waals surface area contributed by atoms with Crippen LogP contribution in [0.3, 0.4) is 0 Å². The van der Waals surface area contributed by atoms with Crippen LogP contribution in [0.2, 0.25) is 0 Å². The lowest BCUT2D eigenvalue weighted by Crippen LogP contribution is -2.35. The van der Waals surface area contributed by atoms with Crippen molar-refractivity contribution in [3.63, 3.8) is 0 Å². The van der Waals surface area contributed by atoms with Crippen LogP contribution in [0.5, 0.6) is 0 Å². The molecule has 0 amide bonds. The molecule has 6 nitrogen and oxygen atoms in total. The lowest BCUT2D eigenvalue weighted by Gasteiger charge is -2.33. The van der Waals surface area contributed by atoms with Crippen LogP contribution in [0.1, 0.15) is 24.0 Å². The number of benzene rings is 1. The normalized spacial score (nSPS) is 17.0. The molecule has 2 heterocycles. The van der Waals surface area contributed by atoms with Crippen molar-refractivity contribution < 1.29 is 14.4 Å². The van der Waals surface area contributed by atoms with Crippen LogP contribution in [-0.4, -0.2) is 39.0 Å². The van der Waals surface area contributed by atoms with E-state index in [0.717, 1.165) is 42.7 Å². The zero-order chi connectivity index (χ0) is 16.6. The van der Waals surface area contributed by atoms with Crippen molar-refractivity contribution in [2.24, 2.45) is 5.92 Å². The maximum atomic E-state index is 11.2. The summed E-state index contributed by atoms with van der Waals surface area (Å²) >= 11 is 0. The smallest absolute Gasteiger partial charge is 0.325 e. The van der Waals surface area contributed by atoms with Gasteiger partial charge in [0, 0.05) is 18.5 Å². The van der Waals surface area contributed by atoms with Gasteiger partial charge in [0.1, 0.15) is 12.1 Å². The van der Waals surface area contributed by atoms with Gasteiger partial charge in [0.15, 0.2) is 0 Å². The summed E-state index contributed by atoms with van der Waals surface area (Å²) in [6, 6.07) is 4.21. The standard InChI is InChI=1S/C16H22N3O3P/c1-11-7-14-15(8-12(11)2)17-10-18-16(14)19-5-3-13(4-6-19)9-23(20,21)22/h7-8,10,13H,3-6,9H2,1-2H3,(H2,20,21,22). The van der Waals surface area contributed by atoms with E-state index in [9.17, 15) is 4.57 Å². The van der Waals surface area contributed by atoms with Crippen molar-refractivity contribution in [3.8, 4) is 0 Å². The highest BCUT2D eigenvalue weighted by atomic mass is 31.2. The predicted molar refractivity (Wildman–Crippen MR) is 90.9 cm³/mol. The molecule has 2 aromatic rings. The Hall–Kier alpha value is -1.49. The Bertz CT molecular complexity index is 766. The molecular weight excluding hydrogens is 313 g/mol. The lowest BCUT2D eigenvalue weighted by molar-refractivity contribution is 0.346. The Balaban J connectivity index is 1.82. The molecule has 0 aliphatic carbocycles. The zero-order valence-corrected chi connectivity index (χ0v) is 14.3. The first kappa shape index (κ1) is 16.4. The van der Waals surface area contributed by atoms with Gasteiger partial charge < -0.3 is 14.7 Å². The van der Waals surface area contributed by atoms with Gasteiger partial charge in [0.2, 0.25) is 0 Å². The first-order valence-electron chi connectivity index (χ1n) is 7.85. The Morgan fingerprint density at radius 2 is 1.83 bits per heavy atom. The van der Waals surface area contributed by atoms with E-state index in [1.54, 1.807) is 6.33 Å². The molecule has 0 bridgehead atoms. The van der Waals surface area contributed by atoms with Crippen LogP contribution < -0.4 is 4.90 Å². The van der Waals surface area contributed by atoms with Gasteiger partial charge in [-0.2, -0.15) is 0 Å². The first-order valence-corrected chi connectivity index (χ1v) is 9.65. The van der Waals surface area contributed by atoms with Crippen LogP contribution in [0.25, 0.3) is 10.9 Å². The number of anilines is 1. The molecule has 0 spiro atoms. The molecule has 23 heavy (non-hydrogen) atoms. The monoisotopic (exact) mass is 335 g/mol. The number of aryl methyl sites for hydroxylation is 2. The molecule has 7 heteroatoms. The Morgan fingerprint density at radius 3 is 2.48 bits per heavy atom. The van der Waals surface area contributed by atoms with Gasteiger partial charge >= 0.3 is 7.60 Å². The van der Waals surface area contributed by atoms with Gasteiger partial charge in [-0.3, -0.25) is 4.57 Å². The molecule has 2 N–H and O–H groups in total. The van der Waals surface area contributed by atoms with E-state index in [-0.39, 0.29) is 12.1 Å². The van der Waals surface area contributed by atoms with E-state index in [1.165, 1.54) is 11.1 Å². The molecule has 1 saturated heterocycles. The average molecular weight is 335 g/mol. The van der Waals surface area contributed by atoms with Crippen molar-refractivity contribution in [1.29, 1.82) is 0 Å². The van der Waals surface area contributed by atoms with E-state index >= 15 is 0 Å². The van der Waals surface area contributed by atoms with E-state index in [0.29, 0.717) is 0 Å². The molecule has 3 rings (SSSR count). The number of hydrogen-bond acceptors (Lipinski definition) is 4. The number of aromatic nitrogens is 2. The number of nitrogens with zero attached hydrogens (tertiary/aromatic N) is 3. The molecule has 1 aromatic carbocycles. The van der Waals surface area contributed by atoms with Crippen molar-refractivity contribution in [2.75, 3.05) is 24.2 Å². The lowest BCUT2D eigenvalue weighted by atomic mass is 9.98. The van der Waals surface area contributed by atoms with Gasteiger partial charge in [-0.25, -0.2) is 9.97 Å². The van der Waals surface area contributed by atoms with Gasteiger partial charge in [-0.15, -0.1) is 0 Å². The van der Waals surface area contributed by atoms with E-state index in [1.807, 2.05) is 0 Å². The summed E-state index contributed by atoms with van der Waals surface area (Å²) in [6.45, 7) is 5.69. The largest absolute Gasteiger partial charge is 0.356 e. The third-order valence-electron chi connectivity index (χ3n) is 4.64. The summed E-state index contributed by atoms with van der Waals surface area (Å²) in [5.41, 5.74) is 3.36. The fourth-order valence-electron chi connectivity index (χ4n) is 3.22. The molecule has 1 aromatic heterocycles. The number of hydrogen-bond donors (Lipinski definition) is 2. The minimum Gasteiger partial charge on any atom is -0.356 e. The summed E-state index contributed by atoms with van der Waals surface area (Å²) in [4.78, 5) is 29.3. The minimum absolute atomic E-state index is 0.0103. The Kier molecular flexibility index (Phi) is 4.41.